The van der Waals surface area contributed by atoms with E-state index in [0.29, 0.717) is 5.92 Å². The summed E-state index contributed by atoms with van der Waals surface area (Å²) in [6.45, 7) is 7.98. The fourth-order valence-electron chi connectivity index (χ4n) is 4.08. The lowest BCUT2D eigenvalue weighted by molar-refractivity contribution is -0.687. The predicted molar refractivity (Wildman–Crippen MR) is 98.0 cm³/mol. The van der Waals surface area contributed by atoms with Crippen molar-refractivity contribution in [1.82, 2.24) is 4.57 Å². The van der Waals surface area contributed by atoms with Crippen molar-refractivity contribution in [2.45, 2.75) is 45.2 Å². The molecule has 3 aromatic rings. The van der Waals surface area contributed by atoms with Gasteiger partial charge in [0.25, 0.3) is 0 Å². The molecule has 1 aliphatic rings. The monoisotopic (exact) mass is 317 g/mol. The largest absolute Gasteiger partial charge is 0.245 e. The molecule has 2 heterocycles. The highest BCUT2D eigenvalue weighted by Gasteiger charge is 2.44. The number of hydrogen-bond donors (Lipinski definition) is 0. The number of aromatic nitrogens is 2. The Kier molecular flexibility index (Phi) is 3.56. The Morgan fingerprint density at radius 3 is 2.50 bits per heavy atom. The van der Waals surface area contributed by atoms with Crippen molar-refractivity contribution in [2.24, 2.45) is 0 Å². The first-order chi connectivity index (χ1) is 11.6. The maximum atomic E-state index is 2.50. The average molecular weight is 317 g/mol. The third kappa shape index (κ3) is 2.21. The summed E-state index contributed by atoms with van der Waals surface area (Å²) in [7, 11) is 0. The molecule has 0 bridgehead atoms. The van der Waals surface area contributed by atoms with Crippen LogP contribution in [0.4, 0.5) is 0 Å². The van der Waals surface area contributed by atoms with E-state index >= 15 is 0 Å². The van der Waals surface area contributed by atoms with Crippen LogP contribution in [0.5, 0.6) is 0 Å². The Morgan fingerprint density at radius 1 is 1.04 bits per heavy atom. The van der Waals surface area contributed by atoms with Crippen LogP contribution in [0.2, 0.25) is 0 Å². The van der Waals surface area contributed by atoms with Gasteiger partial charge >= 0.3 is 0 Å². The van der Waals surface area contributed by atoms with E-state index in [1.807, 2.05) is 0 Å². The summed E-state index contributed by atoms with van der Waals surface area (Å²) in [5, 5.41) is 0. The van der Waals surface area contributed by atoms with Crippen LogP contribution >= 0.6 is 0 Å². The first-order valence-electron chi connectivity index (χ1n) is 8.88. The standard InChI is InChI=1S/C22H25N2/c1-4-22(3)17(2)19-12-8-9-13-20(19)21-15-23(16-24(21)22)14-18-10-6-5-7-11-18/h5-13,15-17H,4,14H2,1-3H3/q+1/t17?,22-/m1/s1. The van der Waals surface area contributed by atoms with E-state index in [1.165, 1.54) is 22.4 Å². The summed E-state index contributed by atoms with van der Waals surface area (Å²) < 4.78 is 4.83. The summed E-state index contributed by atoms with van der Waals surface area (Å²) in [4.78, 5) is 0. The van der Waals surface area contributed by atoms with Gasteiger partial charge in [-0.2, -0.15) is 0 Å². The van der Waals surface area contributed by atoms with E-state index in [-0.39, 0.29) is 5.54 Å². The fraction of sp³-hybridized carbons (Fsp3) is 0.318. The highest BCUT2D eigenvalue weighted by molar-refractivity contribution is 5.66. The van der Waals surface area contributed by atoms with Crippen LogP contribution in [0.15, 0.2) is 67.1 Å². The summed E-state index contributed by atoms with van der Waals surface area (Å²) in [6.07, 6.45) is 5.74. The molecule has 2 nitrogen and oxygen atoms in total. The first kappa shape index (κ1) is 15.2. The van der Waals surface area contributed by atoms with E-state index in [9.17, 15) is 0 Å². The molecule has 0 radical (unpaired) electrons. The van der Waals surface area contributed by atoms with Gasteiger partial charge < -0.3 is 0 Å². The molecular formula is C22H25N2+. The predicted octanol–water partition coefficient (Wildman–Crippen LogP) is 4.73. The molecule has 1 aliphatic heterocycles. The van der Waals surface area contributed by atoms with Gasteiger partial charge in [0, 0.05) is 11.5 Å². The number of hydrogen-bond acceptors (Lipinski definition) is 0. The number of benzene rings is 2. The summed E-state index contributed by atoms with van der Waals surface area (Å²) in [5.41, 5.74) is 5.64. The Balaban J connectivity index is 1.85. The van der Waals surface area contributed by atoms with Crippen LogP contribution in [0.25, 0.3) is 11.3 Å². The molecule has 0 N–H and O–H groups in total. The van der Waals surface area contributed by atoms with Gasteiger partial charge in [0.2, 0.25) is 6.33 Å². The zero-order chi connectivity index (χ0) is 16.7. The highest BCUT2D eigenvalue weighted by Crippen LogP contribution is 2.46. The molecule has 0 saturated heterocycles. The topological polar surface area (TPSA) is 8.81 Å². The zero-order valence-electron chi connectivity index (χ0n) is 14.7. The van der Waals surface area contributed by atoms with E-state index in [1.54, 1.807) is 0 Å². The molecule has 2 atom stereocenters. The van der Waals surface area contributed by atoms with Gasteiger partial charge in [-0.3, -0.25) is 0 Å². The molecule has 2 heteroatoms. The number of rotatable bonds is 3. The van der Waals surface area contributed by atoms with Crippen molar-refractivity contribution in [3.05, 3.63) is 78.2 Å². The molecule has 0 saturated carbocycles. The van der Waals surface area contributed by atoms with E-state index in [0.717, 1.165) is 13.0 Å². The second-order valence-electron chi connectivity index (χ2n) is 7.18. The lowest BCUT2D eigenvalue weighted by Gasteiger charge is -2.37. The Bertz CT molecular complexity index is 863. The van der Waals surface area contributed by atoms with Crippen molar-refractivity contribution in [3.8, 4) is 11.3 Å². The summed E-state index contributed by atoms with van der Waals surface area (Å²) in [6, 6.07) is 19.6. The van der Waals surface area contributed by atoms with Crippen LogP contribution in [-0.2, 0) is 12.1 Å². The number of nitrogens with zero attached hydrogens (tertiary/aromatic N) is 2. The van der Waals surface area contributed by atoms with Crippen molar-refractivity contribution in [3.63, 3.8) is 0 Å². The van der Waals surface area contributed by atoms with Gasteiger partial charge in [-0.25, -0.2) is 9.13 Å². The minimum atomic E-state index is 0.117. The van der Waals surface area contributed by atoms with Crippen molar-refractivity contribution < 1.29 is 4.57 Å². The summed E-state index contributed by atoms with van der Waals surface area (Å²) >= 11 is 0. The third-order valence-corrected chi connectivity index (χ3v) is 5.92. The molecule has 122 valence electrons. The number of fused-ring (bicyclic) bond motifs is 3. The molecule has 0 spiro atoms. The van der Waals surface area contributed by atoms with Crippen molar-refractivity contribution >= 4 is 0 Å². The van der Waals surface area contributed by atoms with Crippen LogP contribution < -0.4 is 4.57 Å². The Hall–Kier alpha value is -2.35. The molecular weight excluding hydrogens is 292 g/mol. The SMILES string of the molecule is CC[C@]1(C)C(C)c2ccccc2-c2c[n+](Cc3ccccc3)cn21. The van der Waals surface area contributed by atoms with Crippen molar-refractivity contribution in [1.29, 1.82) is 0 Å². The smallest absolute Gasteiger partial charge is 0.232 e. The molecule has 0 fully saturated rings. The average Bonchev–Trinajstić information content (AvgIpc) is 3.05. The van der Waals surface area contributed by atoms with Crippen molar-refractivity contribution in [2.75, 3.05) is 0 Å². The van der Waals surface area contributed by atoms with Gasteiger partial charge in [-0.1, -0.05) is 68.4 Å². The fourth-order valence-corrected chi connectivity index (χ4v) is 4.08. The van der Waals surface area contributed by atoms with E-state index in [2.05, 4.69) is 97.0 Å². The van der Waals surface area contributed by atoms with Gasteiger partial charge in [0.15, 0.2) is 5.69 Å². The highest BCUT2D eigenvalue weighted by atomic mass is 15.2. The van der Waals surface area contributed by atoms with Gasteiger partial charge in [0.1, 0.15) is 18.3 Å². The van der Waals surface area contributed by atoms with E-state index in [4.69, 9.17) is 0 Å². The maximum Gasteiger partial charge on any atom is 0.245 e. The van der Waals surface area contributed by atoms with E-state index < -0.39 is 0 Å². The Morgan fingerprint density at radius 2 is 1.75 bits per heavy atom. The lowest BCUT2D eigenvalue weighted by atomic mass is 9.75. The molecule has 24 heavy (non-hydrogen) atoms. The van der Waals surface area contributed by atoms with Crippen LogP contribution in [0.3, 0.4) is 0 Å². The van der Waals surface area contributed by atoms with Crippen LogP contribution in [0, 0.1) is 0 Å². The molecule has 0 aliphatic carbocycles. The molecule has 0 amide bonds. The zero-order valence-corrected chi connectivity index (χ0v) is 14.7. The van der Waals surface area contributed by atoms with Gasteiger partial charge in [-0.15, -0.1) is 0 Å². The molecule has 1 unspecified atom stereocenters. The maximum absolute atomic E-state index is 2.50. The molecule has 4 rings (SSSR count). The van der Waals surface area contributed by atoms with Crippen LogP contribution in [0.1, 0.15) is 44.2 Å². The normalized spacial score (nSPS) is 22.0. The number of imidazole rings is 1. The second-order valence-corrected chi connectivity index (χ2v) is 7.18. The molecule has 1 aromatic heterocycles. The van der Waals surface area contributed by atoms with Crippen LogP contribution in [-0.4, -0.2) is 4.57 Å². The minimum absolute atomic E-state index is 0.117. The molecule has 2 aromatic carbocycles. The second kappa shape index (κ2) is 5.62. The quantitative estimate of drug-likeness (QED) is 0.617. The van der Waals surface area contributed by atoms with Gasteiger partial charge in [-0.05, 0) is 24.5 Å². The summed E-state index contributed by atoms with van der Waals surface area (Å²) in [5.74, 6) is 0.503. The Labute approximate surface area is 144 Å². The van der Waals surface area contributed by atoms with Gasteiger partial charge in [0.05, 0.1) is 0 Å². The minimum Gasteiger partial charge on any atom is -0.232 e. The third-order valence-electron chi connectivity index (χ3n) is 5.92. The lowest BCUT2D eigenvalue weighted by Crippen LogP contribution is -2.39. The first-order valence-corrected chi connectivity index (χ1v) is 8.88.